The van der Waals surface area contributed by atoms with Gasteiger partial charge in [-0.05, 0) is 0 Å². The Morgan fingerprint density at radius 2 is 1.56 bits per heavy atom. The van der Waals surface area contributed by atoms with Gasteiger partial charge in [0.05, 0.1) is 0 Å². The molecule has 0 bridgehead atoms. The summed E-state index contributed by atoms with van der Waals surface area (Å²) in [4.78, 5) is 0. The average molecular weight is 154 g/mol. The van der Waals surface area contributed by atoms with E-state index in [0.717, 1.165) is 5.75 Å². The Morgan fingerprint density at radius 3 is 2.00 bits per heavy atom. The van der Waals surface area contributed by atoms with Crippen molar-refractivity contribution < 1.29 is 29.6 Å². The summed E-state index contributed by atoms with van der Waals surface area (Å²) in [6.45, 7) is 2.23. The van der Waals surface area contributed by atoms with E-state index in [1.807, 2.05) is 0 Å². The van der Waals surface area contributed by atoms with E-state index >= 15 is 0 Å². The molecule has 2 heteroatoms. The summed E-state index contributed by atoms with van der Waals surface area (Å²) in [5.74, 6) is 0.948. The molecule has 0 rings (SSSR count). The van der Waals surface area contributed by atoms with Crippen molar-refractivity contribution in [2.45, 2.75) is 39.0 Å². The van der Waals surface area contributed by atoms with E-state index in [2.05, 4.69) is 6.92 Å². The quantitative estimate of drug-likeness (QED) is 0.292. The molecule has 0 aliphatic rings. The predicted molar refractivity (Wildman–Crippen MR) is 41.0 cm³/mol. The fourth-order valence-corrected chi connectivity index (χ4v) is 0.910. The molecule has 0 spiro atoms. The van der Waals surface area contributed by atoms with Crippen LogP contribution in [-0.4, -0.2) is 5.75 Å². The Morgan fingerprint density at radius 1 is 1.00 bits per heavy atom. The molecule has 0 saturated carbocycles. The molecule has 0 aromatic heterocycles. The van der Waals surface area contributed by atoms with Crippen molar-refractivity contribution in [3.05, 3.63) is 0 Å². The van der Waals surface area contributed by atoms with Gasteiger partial charge < -0.3 is 12.6 Å². The summed E-state index contributed by atoms with van der Waals surface area (Å²) in [6, 6.07) is 0. The van der Waals surface area contributed by atoms with Gasteiger partial charge in [-0.15, -0.1) is 0 Å². The van der Waals surface area contributed by atoms with Crippen molar-refractivity contribution in [3.8, 4) is 0 Å². The van der Waals surface area contributed by atoms with E-state index in [1.54, 1.807) is 0 Å². The molecule has 0 amide bonds. The molecule has 9 heavy (non-hydrogen) atoms. The summed E-state index contributed by atoms with van der Waals surface area (Å²) in [5.41, 5.74) is 0. The maximum absolute atomic E-state index is 4.80. The van der Waals surface area contributed by atoms with E-state index in [-0.39, 0.29) is 29.6 Å². The van der Waals surface area contributed by atoms with Gasteiger partial charge in [-0.25, -0.2) is 0 Å². The Bertz CT molecular complexity index is 33.9. The Labute approximate surface area is 86.5 Å². The van der Waals surface area contributed by atoms with Crippen molar-refractivity contribution in [1.82, 2.24) is 0 Å². The third kappa shape index (κ3) is 12.5. The van der Waals surface area contributed by atoms with E-state index in [9.17, 15) is 0 Å². The summed E-state index contributed by atoms with van der Waals surface area (Å²) in [6.07, 6.45) is 6.69. The third-order valence-electron chi connectivity index (χ3n) is 1.25. The minimum absolute atomic E-state index is 0. The van der Waals surface area contributed by atoms with Crippen LogP contribution in [0.2, 0.25) is 0 Å². The molecule has 0 aromatic rings. The largest absolute Gasteiger partial charge is 1.00 e. The zero-order valence-corrected chi connectivity index (χ0v) is 9.47. The number of hydrogen-bond acceptors (Lipinski definition) is 1. The van der Waals surface area contributed by atoms with Gasteiger partial charge in [-0.1, -0.05) is 39.0 Å². The van der Waals surface area contributed by atoms with E-state index in [4.69, 9.17) is 12.6 Å². The van der Waals surface area contributed by atoms with Crippen LogP contribution < -0.4 is 29.6 Å². The maximum Gasteiger partial charge on any atom is 1.00 e. The third-order valence-corrected chi connectivity index (χ3v) is 1.54. The van der Waals surface area contributed by atoms with E-state index < -0.39 is 0 Å². The molecule has 0 fully saturated rings. The van der Waals surface area contributed by atoms with Crippen LogP contribution in [0.3, 0.4) is 0 Å². The molecule has 0 aromatic carbocycles. The van der Waals surface area contributed by atoms with Gasteiger partial charge in [-0.2, -0.15) is 5.75 Å². The smallest absolute Gasteiger partial charge is 0.793 e. The normalized spacial score (nSPS) is 8.67. The Balaban J connectivity index is 0. The second-order valence-corrected chi connectivity index (χ2v) is 2.53. The second kappa shape index (κ2) is 12.1. The standard InChI is InChI=1S/C7H16S.Na/c1-2-3-4-5-6-7-8;/h8H,2-7H2,1H3;/q;+1/p-1. The van der Waals surface area contributed by atoms with Gasteiger partial charge in [0.25, 0.3) is 0 Å². The number of rotatable bonds is 5. The van der Waals surface area contributed by atoms with Crippen LogP contribution in [0.4, 0.5) is 0 Å². The SMILES string of the molecule is CCCCCCC[S-].[Na+]. The molecule has 0 N–H and O–H groups in total. The minimum Gasteiger partial charge on any atom is -0.793 e. The molecule has 0 aliphatic heterocycles. The van der Waals surface area contributed by atoms with Crippen molar-refractivity contribution >= 4 is 12.6 Å². The maximum atomic E-state index is 4.80. The minimum atomic E-state index is 0. The second-order valence-electron chi connectivity index (χ2n) is 2.12. The van der Waals surface area contributed by atoms with Gasteiger partial charge in [0.1, 0.15) is 0 Å². The number of unbranched alkanes of at least 4 members (excludes halogenated alkanes) is 4. The van der Waals surface area contributed by atoms with Crippen molar-refractivity contribution in [3.63, 3.8) is 0 Å². The Hall–Kier alpha value is 1.35. The summed E-state index contributed by atoms with van der Waals surface area (Å²) >= 11 is 4.80. The van der Waals surface area contributed by atoms with Gasteiger partial charge >= 0.3 is 29.6 Å². The van der Waals surface area contributed by atoms with Crippen LogP contribution in [0.25, 0.3) is 0 Å². The molecular formula is C7H15NaS. The van der Waals surface area contributed by atoms with Crippen LogP contribution in [-0.2, 0) is 12.6 Å². The van der Waals surface area contributed by atoms with Crippen LogP contribution >= 0.6 is 0 Å². The summed E-state index contributed by atoms with van der Waals surface area (Å²) in [7, 11) is 0. The van der Waals surface area contributed by atoms with Crippen LogP contribution in [0, 0.1) is 0 Å². The van der Waals surface area contributed by atoms with Crippen LogP contribution in [0.1, 0.15) is 39.0 Å². The monoisotopic (exact) mass is 154 g/mol. The van der Waals surface area contributed by atoms with Crippen LogP contribution in [0.5, 0.6) is 0 Å². The average Bonchev–Trinajstić information content (AvgIpc) is 1.81. The molecule has 0 radical (unpaired) electrons. The van der Waals surface area contributed by atoms with Gasteiger partial charge in [-0.3, -0.25) is 0 Å². The predicted octanol–water partition coefficient (Wildman–Crippen LogP) is -0.492. The van der Waals surface area contributed by atoms with Crippen molar-refractivity contribution in [2.75, 3.05) is 5.75 Å². The molecule has 50 valence electrons. The molecule has 0 saturated heterocycles. The topological polar surface area (TPSA) is 0 Å². The zero-order chi connectivity index (χ0) is 6.24. The fraction of sp³-hybridized carbons (Fsp3) is 1.00. The first kappa shape index (κ1) is 13.0. The summed E-state index contributed by atoms with van der Waals surface area (Å²) < 4.78 is 0. The fourth-order valence-electron chi connectivity index (χ4n) is 0.706. The molecular weight excluding hydrogens is 139 g/mol. The first-order valence-electron chi connectivity index (χ1n) is 3.50. The van der Waals surface area contributed by atoms with Crippen molar-refractivity contribution in [2.24, 2.45) is 0 Å². The Kier molecular flexibility index (Phi) is 17.4. The zero-order valence-electron chi connectivity index (χ0n) is 6.65. The number of hydrogen-bond donors (Lipinski definition) is 0. The van der Waals surface area contributed by atoms with Gasteiger partial charge in [0.2, 0.25) is 0 Å². The van der Waals surface area contributed by atoms with E-state index in [1.165, 1.54) is 32.1 Å². The summed E-state index contributed by atoms with van der Waals surface area (Å²) in [5, 5.41) is 0. The molecule has 0 atom stereocenters. The molecule has 0 heterocycles. The molecule has 0 nitrogen and oxygen atoms in total. The van der Waals surface area contributed by atoms with Gasteiger partial charge in [0.15, 0.2) is 0 Å². The van der Waals surface area contributed by atoms with Crippen LogP contribution in [0.15, 0.2) is 0 Å². The van der Waals surface area contributed by atoms with Crippen molar-refractivity contribution in [1.29, 1.82) is 0 Å². The van der Waals surface area contributed by atoms with Gasteiger partial charge in [0, 0.05) is 0 Å². The molecule has 0 aliphatic carbocycles. The van der Waals surface area contributed by atoms with E-state index in [0.29, 0.717) is 0 Å². The first-order valence-corrected chi connectivity index (χ1v) is 4.07. The first-order chi connectivity index (χ1) is 3.91. The molecule has 0 unspecified atom stereocenters.